The summed E-state index contributed by atoms with van der Waals surface area (Å²) in [5, 5.41) is 9.01. The number of ether oxygens (including phenoxy) is 1. The average molecular weight is 343 g/mol. The van der Waals surface area contributed by atoms with Crippen molar-refractivity contribution in [2.24, 2.45) is 5.92 Å². The first-order valence-corrected chi connectivity index (χ1v) is 9.08. The van der Waals surface area contributed by atoms with E-state index >= 15 is 0 Å². The maximum absolute atomic E-state index is 12.3. The van der Waals surface area contributed by atoms with Crippen LogP contribution in [0.25, 0.3) is 6.08 Å². The molecule has 0 bridgehead atoms. The van der Waals surface area contributed by atoms with Crippen LogP contribution in [0, 0.1) is 5.92 Å². The van der Waals surface area contributed by atoms with Crippen molar-refractivity contribution >= 4 is 18.0 Å². The summed E-state index contributed by atoms with van der Waals surface area (Å²) in [7, 11) is 0. The summed E-state index contributed by atoms with van der Waals surface area (Å²) in [6.07, 6.45) is 9.43. The first-order chi connectivity index (χ1) is 12.1. The molecule has 1 N–H and O–H groups in total. The van der Waals surface area contributed by atoms with E-state index in [1.807, 2.05) is 24.3 Å². The van der Waals surface area contributed by atoms with Crippen LogP contribution in [-0.2, 0) is 9.59 Å². The number of likely N-dealkylation sites (tertiary alicyclic amines) is 1. The van der Waals surface area contributed by atoms with E-state index in [1.54, 1.807) is 17.1 Å². The number of nitrogens with zero attached hydrogens (tertiary/aromatic N) is 1. The van der Waals surface area contributed by atoms with Crippen molar-refractivity contribution < 1.29 is 19.4 Å². The normalized spacial score (nSPS) is 19.4. The van der Waals surface area contributed by atoms with Crippen LogP contribution in [0.3, 0.4) is 0 Å². The molecule has 2 fully saturated rings. The van der Waals surface area contributed by atoms with Crippen molar-refractivity contribution in [3.05, 3.63) is 35.9 Å². The van der Waals surface area contributed by atoms with E-state index in [9.17, 15) is 9.59 Å². The molecule has 0 unspecified atom stereocenters. The number of carboxylic acid groups (broad SMARTS) is 1. The molecule has 0 aromatic heterocycles. The van der Waals surface area contributed by atoms with Crippen molar-refractivity contribution in [3.63, 3.8) is 0 Å². The van der Waals surface area contributed by atoms with Gasteiger partial charge in [-0.2, -0.15) is 0 Å². The predicted octanol–water partition coefficient (Wildman–Crippen LogP) is 3.34. The summed E-state index contributed by atoms with van der Waals surface area (Å²) in [5.74, 6) is -0.297. The zero-order chi connectivity index (χ0) is 17.6. The first kappa shape index (κ1) is 17.5. The largest absolute Gasteiger partial charge is 0.490 e. The highest BCUT2D eigenvalue weighted by Gasteiger charge is 2.26. The van der Waals surface area contributed by atoms with Crippen molar-refractivity contribution in [1.29, 1.82) is 0 Å². The van der Waals surface area contributed by atoms with Gasteiger partial charge in [0.25, 0.3) is 0 Å². The summed E-state index contributed by atoms with van der Waals surface area (Å²) < 4.78 is 5.99. The molecule has 2 aliphatic rings. The Morgan fingerprint density at radius 1 is 1.12 bits per heavy atom. The van der Waals surface area contributed by atoms with Crippen LogP contribution in [0.2, 0.25) is 0 Å². The highest BCUT2D eigenvalue weighted by atomic mass is 16.5. The molecule has 1 aromatic rings. The molecule has 3 rings (SSSR count). The van der Waals surface area contributed by atoms with Gasteiger partial charge in [0.05, 0.1) is 12.0 Å². The van der Waals surface area contributed by atoms with Gasteiger partial charge in [0.2, 0.25) is 5.91 Å². The Balaban J connectivity index is 1.54. The summed E-state index contributed by atoms with van der Waals surface area (Å²) in [5.41, 5.74) is 0.935. The number of carbonyl (C=O) groups excluding carboxylic acids is 1. The lowest BCUT2D eigenvalue weighted by Gasteiger charge is -2.29. The Kier molecular flexibility index (Phi) is 5.74. The van der Waals surface area contributed by atoms with Gasteiger partial charge < -0.3 is 14.7 Å². The Labute approximate surface area is 148 Å². The van der Waals surface area contributed by atoms with Gasteiger partial charge in [0.1, 0.15) is 5.75 Å². The molecule has 25 heavy (non-hydrogen) atoms. The molecule has 1 aliphatic heterocycles. The highest BCUT2D eigenvalue weighted by molar-refractivity contribution is 5.92. The van der Waals surface area contributed by atoms with Crippen molar-refractivity contribution in [2.75, 3.05) is 13.1 Å². The second-order valence-corrected chi connectivity index (χ2v) is 6.87. The smallest absolute Gasteiger partial charge is 0.306 e. The van der Waals surface area contributed by atoms with E-state index < -0.39 is 5.97 Å². The summed E-state index contributed by atoms with van der Waals surface area (Å²) in [6, 6.07) is 7.79. The number of hydrogen-bond acceptors (Lipinski definition) is 3. The molecule has 0 radical (unpaired) electrons. The standard InChI is InChI=1S/C20H25NO4/c22-19(21-12-10-16(11-13-21)20(23)24)9-8-15-4-3-7-18(14-15)25-17-5-1-2-6-17/h3-4,7-9,14,16-17H,1-2,5-6,10-13H2,(H,23,24)/b9-8+. The summed E-state index contributed by atoms with van der Waals surface area (Å²) in [6.45, 7) is 1.01. The molecule has 1 aromatic carbocycles. The molecule has 1 saturated heterocycles. The number of aliphatic carboxylic acids is 1. The highest BCUT2D eigenvalue weighted by Crippen LogP contribution is 2.25. The van der Waals surface area contributed by atoms with Crippen molar-refractivity contribution in [1.82, 2.24) is 4.90 Å². The van der Waals surface area contributed by atoms with Gasteiger partial charge in [-0.15, -0.1) is 0 Å². The molecular weight excluding hydrogens is 318 g/mol. The van der Waals surface area contributed by atoms with Crippen molar-refractivity contribution in [3.8, 4) is 5.75 Å². The van der Waals surface area contributed by atoms with Crippen LogP contribution in [-0.4, -0.2) is 41.1 Å². The molecular formula is C20H25NO4. The Morgan fingerprint density at radius 2 is 1.84 bits per heavy atom. The van der Waals surface area contributed by atoms with Crippen molar-refractivity contribution in [2.45, 2.75) is 44.6 Å². The fourth-order valence-electron chi connectivity index (χ4n) is 3.51. The SMILES string of the molecule is O=C(O)C1CCN(C(=O)/C=C/c2cccc(OC3CCCC3)c2)CC1. The molecule has 134 valence electrons. The number of amides is 1. The fraction of sp³-hybridized carbons (Fsp3) is 0.500. The molecule has 1 heterocycles. The maximum atomic E-state index is 12.3. The van der Waals surface area contributed by atoms with Crippen LogP contribution < -0.4 is 4.74 Å². The lowest BCUT2D eigenvalue weighted by molar-refractivity contribution is -0.144. The van der Waals surface area contributed by atoms with Crippen LogP contribution in [0.5, 0.6) is 5.75 Å². The molecule has 1 aliphatic carbocycles. The minimum Gasteiger partial charge on any atom is -0.490 e. The monoisotopic (exact) mass is 343 g/mol. The number of benzene rings is 1. The van der Waals surface area contributed by atoms with Crippen LogP contribution in [0.4, 0.5) is 0 Å². The van der Waals surface area contributed by atoms with Crippen LogP contribution >= 0.6 is 0 Å². The van der Waals surface area contributed by atoms with Gasteiger partial charge in [-0.05, 0) is 62.3 Å². The lowest BCUT2D eigenvalue weighted by Crippen LogP contribution is -2.39. The second-order valence-electron chi connectivity index (χ2n) is 6.87. The molecule has 5 heteroatoms. The molecule has 5 nitrogen and oxygen atoms in total. The van der Waals surface area contributed by atoms with E-state index in [-0.39, 0.29) is 11.8 Å². The maximum Gasteiger partial charge on any atom is 0.306 e. The number of carbonyl (C=O) groups is 2. The topological polar surface area (TPSA) is 66.8 Å². The van der Waals surface area contributed by atoms with E-state index in [0.29, 0.717) is 32.0 Å². The van der Waals surface area contributed by atoms with E-state index in [4.69, 9.17) is 9.84 Å². The third-order valence-corrected chi connectivity index (χ3v) is 5.04. The van der Waals surface area contributed by atoms with E-state index in [1.165, 1.54) is 12.8 Å². The van der Waals surface area contributed by atoms with Crippen LogP contribution in [0.1, 0.15) is 44.1 Å². The van der Waals surface area contributed by atoms with Gasteiger partial charge >= 0.3 is 5.97 Å². The zero-order valence-corrected chi connectivity index (χ0v) is 14.4. The van der Waals surface area contributed by atoms with Gasteiger partial charge in [-0.1, -0.05) is 12.1 Å². The Bertz CT molecular complexity index is 641. The third kappa shape index (κ3) is 4.84. The first-order valence-electron chi connectivity index (χ1n) is 9.08. The lowest BCUT2D eigenvalue weighted by atomic mass is 9.97. The zero-order valence-electron chi connectivity index (χ0n) is 14.4. The van der Waals surface area contributed by atoms with Gasteiger partial charge in [-0.25, -0.2) is 0 Å². The molecule has 1 amide bonds. The average Bonchev–Trinajstić information content (AvgIpc) is 3.13. The molecule has 0 atom stereocenters. The minimum absolute atomic E-state index is 0.0639. The predicted molar refractivity (Wildman–Crippen MR) is 95.3 cm³/mol. The summed E-state index contributed by atoms with van der Waals surface area (Å²) in [4.78, 5) is 25.0. The fourth-order valence-corrected chi connectivity index (χ4v) is 3.51. The number of rotatable bonds is 5. The minimum atomic E-state index is -0.762. The molecule has 0 spiro atoms. The Morgan fingerprint density at radius 3 is 2.52 bits per heavy atom. The number of hydrogen-bond donors (Lipinski definition) is 1. The van der Waals surface area contributed by atoms with E-state index in [2.05, 4.69) is 0 Å². The van der Waals surface area contributed by atoms with E-state index in [0.717, 1.165) is 24.2 Å². The third-order valence-electron chi connectivity index (χ3n) is 5.04. The molecule has 1 saturated carbocycles. The van der Waals surface area contributed by atoms with Gasteiger partial charge in [0.15, 0.2) is 0 Å². The second kappa shape index (κ2) is 8.19. The number of carboxylic acids is 1. The van der Waals surface area contributed by atoms with Gasteiger partial charge in [0, 0.05) is 19.2 Å². The quantitative estimate of drug-likeness (QED) is 0.833. The summed E-state index contributed by atoms with van der Waals surface area (Å²) >= 11 is 0. The Hall–Kier alpha value is -2.30. The van der Waals surface area contributed by atoms with Gasteiger partial charge in [-0.3, -0.25) is 9.59 Å². The van der Waals surface area contributed by atoms with Crippen LogP contribution in [0.15, 0.2) is 30.3 Å². The number of piperidine rings is 1.